The van der Waals surface area contributed by atoms with Crippen molar-refractivity contribution in [2.45, 2.75) is 45.3 Å². The number of rotatable bonds is 5. The second-order valence-corrected chi connectivity index (χ2v) is 6.56. The van der Waals surface area contributed by atoms with Crippen molar-refractivity contribution in [2.24, 2.45) is 4.99 Å². The first kappa shape index (κ1) is 21.0. The Labute approximate surface area is 172 Å². The second kappa shape index (κ2) is 10.7. The highest BCUT2D eigenvalue weighted by Crippen LogP contribution is 2.17. The van der Waals surface area contributed by atoms with Crippen LogP contribution in [0.5, 0.6) is 0 Å². The summed E-state index contributed by atoms with van der Waals surface area (Å²) in [6.07, 6.45) is 3.91. The molecule has 2 fully saturated rings. The van der Waals surface area contributed by atoms with Gasteiger partial charge in [-0.2, -0.15) is 0 Å². The van der Waals surface area contributed by atoms with Gasteiger partial charge in [-0.05, 0) is 50.3 Å². The second-order valence-electron chi connectivity index (χ2n) is 6.56. The number of benzene rings is 1. The zero-order chi connectivity index (χ0) is 17.5. The van der Waals surface area contributed by atoms with E-state index in [0.29, 0.717) is 13.2 Å². The van der Waals surface area contributed by atoms with Crippen LogP contribution in [0, 0.1) is 0 Å². The van der Waals surface area contributed by atoms with E-state index in [1.54, 1.807) is 0 Å². The van der Waals surface area contributed by atoms with Crippen LogP contribution in [0.25, 0.3) is 0 Å². The Kier molecular flexibility index (Phi) is 8.64. The van der Waals surface area contributed by atoms with Crippen molar-refractivity contribution < 1.29 is 9.53 Å². The number of hydrogen-bond donors (Lipinski definition) is 2. The minimum absolute atomic E-state index is 0. The topological polar surface area (TPSA) is 66.0 Å². The van der Waals surface area contributed by atoms with Gasteiger partial charge in [0.1, 0.15) is 6.10 Å². The third-order valence-electron chi connectivity index (χ3n) is 4.57. The zero-order valence-electron chi connectivity index (χ0n) is 15.4. The van der Waals surface area contributed by atoms with Crippen molar-refractivity contribution in [3.8, 4) is 0 Å². The third kappa shape index (κ3) is 5.84. The predicted molar refractivity (Wildman–Crippen MR) is 115 cm³/mol. The lowest BCUT2D eigenvalue weighted by atomic mass is 10.2. The molecule has 0 saturated carbocycles. The maximum atomic E-state index is 12.2. The van der Waals surface area contributed by atoms with E-state index in [9.17, 15) is 4.79 Å². The molecule has 6 nitrogen and oxygen atoms in total. The number of amides is 1. The van der Waals surface area contributed by atoms with Gasteiger partial charge in [-0.25, -0.2) is 4.99 Å². The normalized spacial score (nSPS) is 20.0. The molecule has 7 heteroatoms. The van der Waals surface area contributed by atoms with Crippen molar-refractivity contribution in [1.29, 1.82) is 0 Å². The van der Waals surface area contributed by atoms with E-state index >= 15 is 0 Å². The lowest BCUT2D eigenvalue weighted by Gasteiger charge is -2.20. The summed E-state index contributed by atoms with van der Waals surface area (Å²) < 4.78 is 5.43. The van der Waals surface area contributed by atoms with Gasteiger partial charge < -0.3 is 20.3 Å². The van der Waals surface area contributed by atoms with Crippen molar-refractivity contribution in [3.05, 3.63) is 29.8 Å². The molecule has 0 aliphatic carbocycles. The van der Waals surface area contributed by atoms with E-state index in [1.807, 2.05) is 24.3 Å². The average molecular weight is 472 g/mol. The molecule has 0 radical (unpaired) electrons. The number of anilines is 1. The first-order valence-electron chi connectivity index (χ1n) is 9.31. The molecule has 2 aliphatic heterocycles. The van der Waals surface area contributed by atoms with Crippen LogP contribution in [-0.2, 0) is 16.1 Å². The van der Waals surface area contributed by atoms with E-state index in [-0.39, 0.29) is 36.0 Å². The Morgan fingerprint density at radius 2 is 2.12 bits per heavy atom. The molecular formula is C19H29IN4O2. The number of nitrogens with one attached hydrogen (secondary N) is 2. The first-order valence-corrected chi connectivity index (χ1v) is 9.31. The summed E-state index contributed by atoms with van der Waals surface area (Å²) in [5.74, 6) is 0.928. The molecule has 1 aromatic rings. The number of carbonyl (C=O) groups excluding carboxylic acids is 1. The fourth-order valence-electron chi connectivity index (χ4n) is 3.28. The molecule has 0 aromatic heterocycles. The van der Waals surface area contributed by atoms with E-state index in [0.717, 1.165) is 49.7 Å². The van der Waals surface area contributed by atoms with Crippen LogP contribution in [0.4, 0.5) is 5.69 Å². The standard InChI is InChI=1S/C19H28N4O2.HI/c1-2-20-19(23-10-3-4-11-23)21-14-15-7-5-8-16(13-15)22-18(24)17-9-6-12-25-17;/h5,7-8,13,17H,2-4,6,9-12,14H2,1H3,(H,20,21)(H,22,24);1H. The monoisotopic (exact) mass is 472 g/mol. The number of carbonyl (C=O) groups is 1. The largest absolute Gasteiger partial charge is 0.368 e. The Morgan fingerprint density at radius 3 is 2.81 bits per heavy atom. The van der Waals surface area contributed by atoms with Crippen LogP contribution < -0.4 is 10.6 Å². The first-order chi connectivity index (χ1) is 12.3. The van der Waals surface area contributed by atoms with Crippen LogP contribution in [0.1, 0.15) is 38.2 Å². The van der Waals surface area contributed by atoms with E-state index < -0.39 is 0 Å². The van der Waals surface area contributed by atoms with Gasteiger partial charge in [0.15, 0.2) is 5.96 Å². The summed E-state index contributed by atoms with van der Waals surface area (Å²) in [5.41, 5.74) is 1.89. The van der Waals surface area contributed by atoms with Crippen LogP contribution in [0.3, 0.4) is 0 Å². The van der Waals surface area contributed by atoms with Crippen molar-refractivity contribution in [3.63, 3.8) is 0 Å². The maximum absolute atomic E-state index is 12.2. The molecule has 26 heavy (non-hydrogen) atoms. The summed E-state index contributed by atoms with van der Waals surface area (Å²) in [6.45, 7) is 6.38. The summed E-state index contributed by atoms with van der Waals surface area (Å²) in [6, 6.07) is 7.90. The number of hydrogen-bond acceptors (Lipinski definition) is 3. The third-order valence-corrected chi connectivity index (χ3v) is 4.57. The molecule has 1 atom stereocenters. The molecule has 1 aromatic carbocycles. The Balaban J connectivity index is 0.00000243. The van der Waals surface area contributed by atoms with Crippen molar-refractivity contribution in [2.75, 3.05) is 31.6 Å². The molecule has 0 spiro atoms. The lowest BCUT2D eigenvalue weighted by Crippen LogP contribution is -2.39. The van der Waals surface area contributed by atoms with Gasteiger partial charge in [-0.3, -0.25) is 4.79 Å². The molecule has 1 unspecified atom stereocenters. The molecule has 2 saturated heterocycles. The molecular weight excluding hydrogens is 443 g/mol. The maximum Gasteiger partial charge on any atom is 0.253 e. The smallest absolute Gasteiger partial charge is 0.253 e. The highest BCUT2D eigenvalue weighted by atomic mass is 127. The Bertz CT molecular complexity index is 611. The van der Waals surface area contributed by atoms with Gasteiger partial charge in [0.2, 0.25) is 0 Å². The van der Waals surface area contributed by atoms with Gasteiger partial charge in [0.05, 0.1) is 6.54 Å². The summed E-state index contributed by atoms with van der Waals surface area (Å²) >= 11 is 0. The van der Waals surface area contributed by atoms with E-state index in [1.165, 1.54) is 12.8 Å². The minimum atomic E-state index is -0.308. The molecule has 3 rings (SSSR count). The van der Waals surface area contributed by atoms with Gasteiger partial charge in [0, 0.05) is 31.9 Å². The molecule has 2 heterocycles. The van der Waals surface area contributed by atoms with Crippen molar-refractivity contribution in [1.82, 2.24) is 10.2 Å². The minimum Gasteiger partial charge on any atom is -0.368 e. The highest BCUT2D eigenvalue weighted by Gasteiger charge is 2.23. The number of guanidine groups is 1. The van der Waals surface area contributed by atoms with Gasteiger partial charge in [0.25, 0.3) is 5.91 Å². The fraction of sp³-hybridized carbons (Fsp3) is 0.579. The quantitative estimate of drug-likeness (QED) is 0.393. The summed E-state index contributed by atoms with van der Waals surface area (Å²) in [7, 11) is 0. The Morgan fingerprint density at radius 1 is 1.31 bits per heavy atom. The SMILES string of the molecule is CCNC(=NCc1cccc(NC(=O)C2CCCO2)c1)N1CCCC1.I. The zero-order valence-corrected chi connectivity index (χ0v) is 17.7. The van der Waals surface area contributed by atoms with Gasteiger partial charge >= 0.3 is 0 Å². The van der Waals surface area contributed by atoms with Crippen LogP contribution in [0.2, 0.25) is 0 Å². The fourth-order valence-corrected chi connectivity index (χ4v) is 3.28. The van der Waals surface area contributed by atoms with Gasteiger partial charge in [-0.1, -0.05) is 12.1 Å². The molecule has 2 aliphatic rings. The van der Waals surface area contributed by atoms with E-state index in [2.05, 4.69) is 22.5 Å². The van der Waals surface area contributed by atoms with Crippen molar-refractivity contribution >= 4 is 41.5 Å². The molecule has 1 amide bonds. The summed E-state index contributed by atoms with van der Waals surface area (Å²) in [4.78, 5) is 19.2. The number of likely N-dealkylation sites (tertiary alicyclic amines) is 1. The molecule has 2 N–H and O–H groups in total. The predicted octanol–water partition coefficient (Wildman–Crippen LogP) is 2.98. The van der Waals surface area contributed by atoms with Crippen LogP contribution >= 0.6 is 24.0 Å². The molecule has 0 bridgehead atoms. The van der Waals surface area contributed by atoms with Gasteiger partial charge in [-0.15, -0.1) is 24.0 Å². The highest BCUT2D eigenvalue weighted by molar-refractivity contribution is 14.0. The summed E-state index contributed by atoms with van der Waals surface area (Å²) in [5, 5.41) is 6.32. The lowest BCUT2D eigenvalue weighted by molar-refractivity contribution is -0.124. The number of nitrogens with zero attached hydrogens (tertiary/aromatic N) is 2. The van der Waals surface area contributed by atoms with Crippen LogP contribution in [-0.4, -0.2) is 49.1 Å². The average Bonchev–Trinajstić information content (AvgIpc) is 3.32. The Hall–Kier alpha value is -1.35. The number of aliphatic imine (C=N–C) groups is 1. The number of halogens is 1. The molecule has 144 valence electrons. The van der Waals surface area contributed by atoms with Crippen LogP contribution in [0.15, 0.2) is 29.3 Å². The number of ether oxygens (including phenoxy) is 1. The van der Waals surface area contributed by atoms with E-state index in [4.69, 9.17) is 9.73 Å².